The normalized spacial score (nSPS) is 10.8. The predicted molar refractivity (Wildman–Crippen MR) is 82.5 cm³/mol. The van der Waals surface area contributed by atoms with Gasteiger partial charge in [0.05, 0.1) is 19.1 Å². The van der Waals surface area contributed by atoms with Gasteiger partial charge < -0.3 is 13.9 Å². The fourth-order valence-corrected chi connectivity index (χ4v) is 2.53. The molecule has 0 fully saturated rings. The summed E-state index contributed by atoms with van der Waals surface area (Å²) < 4.78 is 15.7. The summed E-state index contributed by atoms with van der Waals surface area (Å²) in [6.07, 6.45) is 0. The Hall–Kier alpha value is -2.82. The monoisotopic (exact) mass is 298 g/mol. The van der Waals surface area contributed by atoms with E-state index in [2.05, 4.69) is 0 Å². The van der Waals surface area contributed by atoms with Crippen LogP contribution in [0.1, 0.15) is 17.3 Å². The van der Waals surface area contributed by atoms with E-state index < -0.39 is 11.6 Å². The van der Waals surface area contributed by atoms with Crippen molar-refractivity contribution in [3.63, 3.8) is 0 Å². The number of hydrogen-bond acceptors (Lipinski definition) is 5. The van der Waals surface area contributed by atoms with Crippen LogP contribution in [-0.2, 0) is 4.74 Å². The number of benzene rings is 2. The van der Waals surface area contributed by atoms with E-state index in [1.54, 1.807) is 43.3 Å². The molecule has 112 valence electrons. The van der Waals surface area contributed by atoms with Gasteiger partial charge >= 0.3 is 11.6 Å². The zero-order chi connectivity index (χ0) is 15.7. The maximum absolute atomic E-state index is 12.3. The van der Waals surface area contributed by atoms with E-state index in [-0.39, 0.29) is 12.2 Å². The van der Waals surface area contributed by atoms with Crippen molar-refractivity contribution in [3.8, 4) is 5.75 Å². The Morgan fingerprint density at radius 1 is 1.14 bits per heavy atom. The van der Waals surface area contributed by atoms with Gasteiger partial charge in [0.1, 0.15) is 16.9 Å². The van der Waals surface area contributed by atoms with E-state index >= 15 is 0 Å². The van der Waals surface area contributed by atoms with Gasteiger partial charge in [0.25, 0.3) is 0 Å². The van der Waals surface area contributed by atoms with Crippen LogP contribution in [-0.4, -0.2) is 19.7 Å². The van der Waals surface area contributed by atoms with Crippen molar-refractivity contribution in [2.75, 3.05) is 13.7 Å². The molecular formula is C17H14O5. The van der Waals surface area contributed by atoms with Crippen LogP contribution in [0.15, 0.2) is 45.6 Å². The first-order valence-corrected chi connectivity index (χ1v) is 6.87. The Kier molecular flexibility index (Phi) is 3.55. The fourth-order valence-electron chi connectivity index (χ4n) is 2.53. The summed E-state index contributed by atoms with van der Waals surface area (Å²) >= 11 is 0. The van der Waals surface area contributed by atoms with E-state index in [0.717, 1.165) is 0 Å². The van der Waals surface area contributed by atoms with Gasteiger partial charge in [-0.15, -0.1) is 0 Å². The van der Waals surface area contributed by atoms with Crippen LogP contribution in [0.2, 0.25) is 0 Å². The van der Waals surface area contributed by atoms with E-state index in [4.69, 9.17) is 13.9 Å². The highest BCUT2D eigenvalue weighted by Gasteiger charge is 2.21. The van der Waals surface area contributed by atoms with Crippen LogP contribution in [0.5, 0.6) is 5.75 Å². The summed E-state index contributed by atoms with van der Waals surface area (Å²) in [7, 11) is 1.48. The zero-order valence-electron chi connectivity index (χ0n) is 12.2. The van der Waals surface area contributed by atoms with E-state index in [9.17, 15) is 9.59 Å². The minimum Gasteiger partial charge on any atom is -0.496 e. The number of esters is 1. The lowest BCUT2D eigenvalue weighted by molar-refractivity contribution is 0.0525. The molecule has 2 aromatic carbocycles. The van der Waals surface area contributed by atoms with Crippen LogP contribution in [0.4, 0.5) is 0 Å². The average Bonchev–Trinajstić information content (AvgIpc) is 2.54. The number of rotatable bonds is 3. The molecule has 3 rings (SSSR count). The molecule has 0 spiro atoms. The summed E-state index contributed by atoms with van der Waals surface area (Å²) in [5.41, 5.74) is 0.150. The predicted octanol–water partition coefficient (Wildman–Crippen LogP) is 3.13. The first kappa shape index (κ1) is 14.1. The highest BCUT2D eigenvalue weighted by atomic mass is 16.5. The van der Waals surface area contributed by atoms with Gasteiger partial charge in [-0.25, -0.2) is 9.59 Å². The van der Waals surface area contributed by atoms with E-state index in [1.165, 1.54) is 7.11 Å². The van der Waals surface area contributed by atoms with Gasteiger partial charge in [0, 0.05) is 10.8 Å². The van der Waals surface area contributed by atoms with Crippen molar-refractivity contribution >= 4 is 27.7 Å². The summed E-state index contributed by atoms with van der Waals surface area (Å²) in [4.78, 5) is 24.4. The molecule has 0 N–H and O–H groups in total. The van der Waals surface area contributed by atoms with Gasteiger partial charge in [0.15, 0.2) is 0 Å². The SMILES string of the molecule is CCOC(=O)c1c(OC)ccc2oc(=O)c3ccccc3c12. The van der Waals surface area contributed by atoms with Crippen molar-refractivity contribution in [1.82, 2.24) is 0 Å². The molecule has 1 heterocycles. The quantitative estimate of drug-likeness (QED) is 0.422. The fraction of sp³-hybridized carbons (Fsp3) is 0.176. The number of ether oxygens (including phenoxy) is 2. The Labute approximate surface area is 126 Å². The molecule has 0 aliphatic carbocycles. The topological polar surface area (TPSA) is 65.7 Å². The van der Waals surface area contributed by atoms with Gasteiger partial charge in [0.2, 0.25) is 0 Å². The Morgan fingerprint density at radius 2 is 1.86 bits per heavy atom. The van der Waals surface area contributed by atoms with Gasteiger partial charge in [-0.2, -0.15) is 0 Å². The number of fused-ring (bicyclic) bond motifs is 3. The molecule has 0 saturated heterocycles. The van der Waals surface area contributed by atoms with Gasteiger partial charge in [-0.05, 0) is 25.1 Å². The lowest BCUT2D eigenvalue weighted by Gasteiger charge is -2.12. The van der Waals surface area contributed by atoms with Crippen molar-refractivity contribution in [2.24, 2.45) is 0 Å². The summed E-state index contributed by atoms with van der Waals surface area (Å²) in [5, 5.41) is 1.57. The smallest absolute Gasteiger partial charge is 0.344 e. The minimum atomic E-state index is -0.510. The van der Waals surface area contributed by atoms with Gasteiger partial charge in [-0.1, -0.05) is 18.2 Å². The van der Waals surface area contributed by atoms with Crippen molar-refractivity contribution in [3.05, 3.63) is 52.4 Å². The molecule has 5 nitrogen and oxygen atoms in total. The first-order valence-electron chi connectivity index (χ1n) is 6.87. The largest absolute Gasteiger partial charge is 0.496 e. The Balaban J connectivity index is 2.52. The zero-order valence-corrected chi connectivity index (χ0v) is 12.2. The van der Waals surface area contributed by atoms with Crippen LogP contribution in [0.25, 0.3) is 21.7 Å². The molecule has 5 heteroatoms. The van der Waals surface area contributed by atoms with Crippen LogP contribution < -0.4 is 10.4 Å². The molecule has 1 aromatic heterocycles. The summed E-state index contributed by atoms with van der Waals surface area (Å²) in [5.74, 6) is -0.131. The van der Waals surface area contributed by atoms with Gasteiger partial charge in [-0.3, -0.25) is 0 Å². The number of carbonyl (C=O) groups excluding carboxylic acids is 1. The highest BCUT2D eigenvalue weighted by Crippen LogP contribution is 2.32. The highest BCUT2D eigenvalue weighted by molar-refractivity contribution is 6.16. The van der Waals surface area contributed by atoms with Crippen molar-refractivity contribution < 1.29 is 18.7 Å². The molecule has 0 amide bonds. The van der Waals surface area contributed by atoms with E-state index in [1.807, 2.05) is 0 Å². The second kappa shape index (κ2) is 5.52. The molecular weight excluding hydrogens is 284 g/mol. The Bertz CT molecular complexity index is 923. The van der Waals surface area contributed by atoms with Crippen LogP contribution >= 0.6 is 0 Å². The average molecular weight is 298 g/mol. The number of methoxy groups -OCH3 is 1. The molecule has 0 radical (unpaired) electrons. The maximum Gasteiger partial charge on any atom is 0.344 e. The lowest BCUT2D eigenvalue weighted by atomic mass is 10.0. The minimum absolute atomic E-state index is 0.243. The molecule has 0 aliphatic rings. The Morgan fingerprint density at radius 3 is 2.55 bits per heavy atom. The second-order valence-electron chi connectivity index (χ2n) is 4.67. The first-order chi connectivity index (χ1) is 10.7. The molecule has 3 aromatic rings. The maximum atomic E-state index is 12.3. The summed E-state index contributed by atoms with van der Waals surface area (Å²) in [6, 6.07) is 10.2. The van der Waals surface area contributed by atoms with Crippen molar-refractivity contribution in [2.45, 2.75) is 6.92 Å². The lowest BCUT2D eigenvalue weighted by Crippen LogP contribution is -2.09. The second-order valence-corrected chi connectivity index (χ2v) is 4.67. The molecule has 0 atom stereocenters. The molecule has 22 heavy (non-hydrogen) atoms. The molecule has 0 bridgehead atoms. The third kappa shape index (κ3) is 2.11. The molecule has 0 unspecified atom stereocenters. The number of carbonyl (C=O) groups is 1. The third-order valence-corrected chi connectivity index (χ3v) is 3.45. The van der Waals surface area contributed by atoms with Crippen molar-refractivity contribution in [1.29, 1.82) is 0 Å². The summed E-state index contributed by atoms with van der Waals surface area (Å²) in [6.45, 7) is 1.97. The van der Waals surface area contributed by atoms with Crippen LogP contribution in [0.3, 0.4) is 0 Å². The molecule has 0 saturated carbocycles. The third-order valence-electron chi connectivity index (χ3n) is 3.45. The standard InChI is InChI=1S/C17H14O5/c1-3-21-17(19)15-12(20-2)8-9-13-14(15)10-6-4-5-7-11(10)16(18)22-13/h4-9H,3H2,1-2H3. The molecule has 0 aliphatic heterocycles. The van der Waals surface area contributed by atoms with Crippen LogP contribution in [0, 0.1) is 0 Å². The van der Waals surface area contributed by atoms with E-state index in [0.29, 0.717) is 27.5 Å². The number of hydrogen-bond donors (Lipinski definition) is 0.